The average molecular weight is 374 g/mol. The molecule has 26 heavy (non-hydrogen) atoms. The summed E-state index contributed by atoms with van der Waals surface area (Å²) >= 11 is 1.77. The standard InChI is InChI=1S/C19H24N4O2S/c1-2-6-15-18(24)23(19(25)21-15)12-22-10-5-7-13(11-22)17-20-14-8-3-4-9-16(14)26-17/h3-4,8-9,13,15H,2,5-7,10-12H2,1H3,(H,21,25)/p+1/t13-,15-/m0/s1. The molecule has 6 nitrogen and oxygen atoms in total. The fourth-order valence-electron chi connectivity index (χ4n) is 4.00. The van der Waals surface area contributed by atoms with Gasteiger partial charge in [0.25, 0.3) is 5.91 Å². The summed E-state index contributed by atoms with van der Waals surface area (Å²) in [6.07, 6.45) is 3.82. The molecule has 138 valence electrons. The Morgan fingerprint density at radius 3 is 3.00 bits per heavy atom. The van der Waals surface area contributed by atoms with Crippen LogP contribution in [0.25, 0.3) is 10.2 Å². The highest BCUT2D eigenvalue weighted by Crippen LogP contribution is 2.30. The Morgan fingerprint density at radius 1 is 1.35 bits per heavy atom. The van der Waals surface area contributed by atoms with E-state index >= 15 is 0 Å². The number of aromatic nitrogens is 1. The first-order valence-corrected chi connectivity index (χ1v) is 10.3. The van der Waals surface area contributed by atoms with Gasteiger partial charge in [-0.2, -0.15) is 0 Å². The van der Waals surface area contributed by atoms with Crippen LogP contribution in [0.15, 0.2) is 24.3 Å². The zero-order valence-corrected chi connectivity index (χ0v) is 15.8. The Balaban J connectivity index is 1.44. The van der Waals surface area contributed by atoms with Crippen molar-refractivity contribution in [2.75, 3.05) is 19.8 Å². The third kappa shape index (κ3) is 3.33. The van der Waals surface area contributed by atoms with Crippen LogP contribution in [0.4, 0.5) is 4.79 Å². The monoisotopic (exact) mass is 373 g/mol. The summed E-state index contributed by atoms with van der Waals surface area (Å²) in [5.41, 5.74) is 1.07. The summed E-state index contributed by atoms with van der Waals surface area (Å²) in [7, 11) is 0. The van der Waals surface area contributed by atoms with Gasteiger partial charge in [-0.3, -0.25) is 4.79 Å². The van der Waals surface area contributed by atoms with Gasteiger partial charge in [-0.25, -0.2) is 14.7 Å². The Hall–Kier alpha value is -1.99. The van der Waals surface area contributed by atoms with Gasteiger partial charge >= 0.3 is 6.03 Å². The van der Waals surface area contributed by atoms with Crippen molar-refractivity contribution < 1.29 is 14.5 Å². The van der Waals surface area contributed by atoms with E-state index in [0.717, 1.165) is 37.9 Å². The normalized spacial score (nSPS) is 26.5. The molecule has 1 aromatic carbocycles. The molecule has 4 rings (SSSR count). The molecule has 0 radical (unpaired) electrons. The molecule has 1 unspecified atom stereocenters. The number of imide groups is 1. The number of nitrogens with one attached hydrogen (secondary N) is 2. The first-order chi connectivity index (χ1) is 12.7. The van der Waals surface area contributed by atoms with Gasteiger partial charge in [-0.1, -0.05) is 25.5 Å². The lowest BCUT2D eigenvalue weighted by Gasteiger charge is -2.30. The summed E-state index contributed by atoms with van der Waals surface area (Å²) in [5, 5.41) is 4.00. The van der Waals surface area contributed by atoms with Gasteiger partial charge in [0, 0.05) is 0 Å². The van der Waals surface area contributed by atoms with E-state index in [2.05, 4.69) is 17.4 Å². The number of para-hydroxylation sites is 1. The summed E-state index contributed by atoms with van der Waals surface area (Å²) in [6, 6.07) is 7.68. The number of amides is 3. The largest absolute Gasteiger partial charge is 0.329 e. The van der Waals surface area contributed by atoms with Crippen molar-refractivity contribution in [2.24, 2.45) is 0 Å². The molecule has 0 aliphatic carbocycles. The number of nitrogens with zero attached hydrogens (tertiary/aromatic N) is 2. The van der Waals surface area contributed by atoms with Crippen molar-refractivity contribution >= 4 is 33.5 Å². The molecule has 7 heteroatoms. The smallest absolute Gasteiger partial charge is 0.326 e. The van der Waals surface area contributed by atoms with Gasteiger partial charge < -0.3 is 10.2 Å². The Bertz CT molecular complexity index is 788. The molecule has 1 aromatic heterocycles. The Labute approximate surface area is 157 Å². The van der Waals surface area contributed by atoms with Gasteiger partial charge in [0.05, 0.1) is 29.2 Å². The van der Waals surface area contributed by atoms with E-state index in [1.807, 2.05) is 19.1 Å². The molecular formula is C19H25N4O2S+. The molecule has 3 atom stereocenters. The summed E-state index contributed by atoms with van der Waals surface area (Å²) in [5.74, 6) is 0.342. The van der Waals surface area contributed by atoms with Gasteiger partial charge in [0.2, 0.25) is 0 Å². The van der Waals surface area contributed by atoms with Gasteiger partial charge in [0.15, 0.2) is 6.67 Å². The molecule has 0 saturated carbocycles. The third-order valence-corrected chi connectivity index (χ3v) is 6.54. The second-order valence-corrected chi connectivity index (χ2v) is 8.34. The number of benzene rings is 1. The predicted molar refractivity (Wildman–Crippen MR) is 101 cm³/mol. The van der Waals surface area contributed by atoms with Crippen LogP contribution in [0.3, 0.4) is 0 Å². The van der Waals surface area contributed by atoms with Crippen molar-refractivity contribution in [3.05, 3.63) is 29.3 Å². The summed E-state index contributed by atoms with van der Waals surface area (Å²) < 4.78 is 1.23. The number of hydrogen-bond acceptors (Lipinski definition) is 4. The number of rotatable bonds is 5. The first-order valence-electron chi connectivity index (χ1n) is 9.46. The molecule has 0 bridgehead atoms. The number of carbonyl (C=O) groups is 2. The van der Waals surface area contributed by atoms with E-state index in [9.17, 15) is 9.59 Å². The third-order valence-electron chi connectivity index (χ3n) is 5.34. The molecule has 2 aliphatic rings. The predicted octanol–water partition coefficient (Wildman–Crippen LogP) is 1.74. The fourth-order valence-corrected chi connectivity index (χ4v) is 5.11. The summed E-state index contributed by atoms with van der Waals surface area (Å²) in [6.45, 7) is 4.42. The highest BCUT2D eigenvalue weighted by Gasteiger charge is 2.40. The number of thiazole rings is 1. The van der Waals surface area contributed by atoms with Crippen LogP contribution in [0, 0.1) is 0 Å². The molecule has 2 aromatic rings. The SMILES string of the molecule is CCC[C@@H]1NC(=O)N(C[NH+]2CCC[C@H](c3nc4ccccc4s3)C2)C1=O. The van der Waals surface area contributed by atoms with E-state index in [1.165, 1.54) is 19.5 Å². The number of fused-ring (bicyclic) bond motifs is 1. The average Bonchev–Trinajstić information content (AvgIpc) is 3.19. The van der Waals surface area contributed by atoms with Crippen molar-refractivity contribution in [2.45, 2.75) is 44.6 Å². The molecule has 3 heterocycles. The molecule has 2 aliphatic heterocycles. The van der Waals surface area contributed by atoms with Crippen molar-refractivity contribution in [3.8, 4) is 0 Å². The van der Waals surface area contributed by atoms with E-state index in [0.29, 0.717) is 19.0 Å². The highest BCUT2D eigenvalue weighted by atomic mass is 32.1. The van der Waals surface area contributed by atoms with Crippen molar-refractivity contribution in [3.63, 3.8) is 0 Å². The Morgan fingerprint density at radius 2 is 2.19 bits per heavy atom. The van der Waals surface area contributed by atoms with Gasteiger partial charge in [-0.15, -0.1) is 11.3 Å². The lowest BCUT2D eigenvalue weighted by Crippen LogP contribution is -3.15. The topological polar surface area (TPSA) is 66.7 Å². The zero-order chi connectivity index (χ0) is 18.1. The van der Waals surface area contributed by atoms with Crippen LogP contribution >= 0.6 is 11.3 Å². The van der Waals surface area contributed by atoms with Crippen LogP contribution in [-0.4, -0.2) is 47.6 Å². The summed E-state index contributed by atoms with van der Waals surface area (Å²) in [4.78, 5) is 32.2. The zero-order valence-electron chi connectivity index (χ0n) is 15.0. The number of urea groups is 1. The molecule has 2 saturated heterocycles. The fraction of sp³-hybridized carbons (Fsp3) is 0.526. The Kier molecular flexibility index (Phi) is 4.91. The molecule has 3 amide bonds. The number of likely N-dealkylation sites (tertiary alicyclic amines) is 1. The minimum atomic E-state index is -0.336. The molecule has 0 spiro atoms. The number of hydrogen-bond donors (Lipinski definition) is 2. The molecule has 2 N–H and O–H groups in total. The quantitative estimate of drug-likeness (QED) is 0.785. The molecular weight excluding hydrogens is 348 g/mol. The minimum absolute atomic E-state index is 0.0635. The minimum Gasteiger partial charge on any atom is -0.326 e. The maximum atomic E-state index is 12.5. The number of quaternary nitrogens is 1. The van der Waals surface area contributed by atoms with Crippen LogP contribution in [-0.2, 0) is 4.79 Å². The number of carbonyl (C=O) groups excluding carboxylic acids is 2. The lowest BCUT2D eigenvalue weighted by molar-refractivity contribution is -0.913. The highest BCUT2D eigenvalue weighted by molar-refractivity contribution is 7.18. The van der Waals surface area contributed by atoms with Crippen molar-refractivity contribution in [1.29, 1.82) is 0 Å². The maximum Gasteiger partial charge on any atom is 0.329 e. The van der Waals surface area contributed by atoms with E-state index < -0.39 is 0 Å². The van der Waals surface area contributed by atoms with Crippen LogP contribution < -0.4 is 10.2 Å². The van der Waals surface area contributed by atoms with Crippen molar-refractivity contribution in [1.82, 2.24) is 15.2 Å². The van der Waals surface area contributed by atoms with Gasteiger partial charge in [0.1, 0.15) is 11.0 Å². The second kappa shape index (κ2) is 7.32. The van der Waals surface area contributed by atoms with Crippen LogP contribution in [0.1, 0.15) is 43.5 Å². The maximum absolute atomic E-state index is 12.5. The number of piperidine rings is 1. The van der Waals surface area contributed by atoms with Gasteiger partial charge in [-0.05, 0) is 31.4 Å². The lowest BCUT2D eigenvalue weighted by atomic mass is 9.99. The molecule has 2 fully saturated rings. The second-order valence-electron chi connectivity index (χ2n) is 7.28. The first kappa shape index (κ1) is 17.4. The van der Waals surface area contributed by atoms with E-state index in [1.54, 1.807) is 11.3 Å². The van der Waals surface area contributed by atoms with E-state index in [4.69, 9.17) is 4.98 Å². The van der Waals surface area contributed by atoms with Crippen LogP contribution in [0.2, 0.25) is 0 Å². The van der Waals surface area contributed by atoms with Crippen LogP contribution in [0.5, 0.6) is 0 Å². The van der Waals surface area contributed by atoms with E-state index in [-0.39, 0.29) is 18.0 Å².